The lowest BCUT2D eigenvalue weighted by molar-refractivity contribution is -0.132. The maximum absolute atomic E-state index is 12.3. The number of nitrogens with one attached hydrogen (secondary N) is 1. The highest BCUT2D eigenvalue weighted by Gasteiger charge is 2.25. The number of ether oxygens (including phenoxy) is 1. The molecule has 2 aliphatic heterocycles. The lowest BCUT2D eigenvalue weighted by Crippen LogP contribution is -2.34. The summed E-state index contributed by atoms with van der Waals surface area (Å²) in [5.41, 5.74) is 2.25. The molecule has 2 aliphatic rings. The van der Waals surface area contributed by atoms with E-state index in [4.69, 9.17) is 16.3 Å². The number of hydrogen-bond acceptors (Lipinski definition) is 4. The zero-order valence-electron chi connectivity index (χ0n) is 18.5. The third-order valence-electron chi connectivity index (χ3n) is 6.28. The van der Waals surface area contributed by atoms with Gasteiger partial charge in [-0.3, -0.25) is 9.69 Å². The second kappa shape index (κ2) is 12.4. The van der Waals surface area contributed by atoms with Gasteiger partial charge < -0.3 is 15.0 Å². The molecule has 0 bridgehead atoms. The van der Waals surface area contributed by atoms with Crippen LogP contribution < -0.4 is 10.1 Å². The molecule has 0 aromatic heterocycles. The summed E-state index contributed by atoms with van der Waals surface area (Å²) in [4.78, 5) is 16.7. The van der Waals surface area contributed by atoms with Crippen molar-refractivity contribution in [3.05, 3.63) is 64.7 Å². The van der Waals surface area contributed by atoms with Crippen LogP contribution in [0.25, 0.3) is 0 Å². The molecule has 0 saturated carbocycles. The number of nitrogens with zero attached hydrogens (tertiary/aromatic N) is 2. The second-order valence-electron chi connectivity index (χ2n) is 8.40. The van der Waals surface area contributed by atoms with E-state index in [9.17, 15) is 4.79 Å². The lowest BCUT2D eigenvalue weighted by Gasteiger charge is -2.29. The van der Waals surface area contributed by atoms with Crippen molar-refractivity contribution in [1.29, 1.82) is 0 Å². The molecule has 2 aromatic rings. The van der Waals surface area contributed by atoms with Crippen LogP contribution in [0.4, 0.5) is 0 Å². The van der Waals surface area contributed by atoms with Crippen molar-refractivity contribution in [2.45, 2.75) is 38.3 Å². The molecule has 1 amide bonds. The SMILES string of the molecule is Cl.O=C(COc1ccccc1CNCC(c1ccccc1Cl)N1CCCC1)N1CCCC1. The number of carbonyl (C=O) groups is 1. The summed E-state index contributed by atoms with van der Waals surface area (Å²) in [6.07, 6.45) is 4.66. The van der Waals surface area contributed by atoms with Crippen LogP contribution in [0.1, 0.15) is 42.9 Å². The minimum absolute atomic E-state index is 0. The highest BCUT2D eigenvalue weighted by molar-refractivity contribution is 6.31. The zero-order chi connectivity index (χ0) is 21.5. The summed E-state index contributed by atoms with van der Waals surface area (Å²) >= 11 is 6.53. The zero-order valence-corrected chi connectivity index (χ0v) is 20.0. The smallest absolute Gasteiger partial charge is 0.260 e. The molecule has 1 N–H and O–H groups in total. The number of halogens is 2. The first-order chi connectivity index (χ1) is 15.2. The van der Waals surface area contributed by atoms with E-state index in [1.807, 2.05) is 35.2 Å². The molecule has 1 atom stereocenters. The van der Waals surface area contributed by atoms with Crippen molar-refractivity contribution >= 4 is 29.9 Å². The summed E-state index contributed by atoms with van der Waals surface area (Å²) in [5, 5.41) is 4.44. The van der Waals surface area contributed by atoms with Crippen LogP contribution >= 0.6 is 24.0 Å². The van der Waals surface area contributed by atoms with Gasteiger partial charge in [0.05, 0.1) is 0 Å². The molecule has 2 aromatic carbocycles. The van der Waals surface area contributed by atoms with Crippen LogP contribution in [0.3, 0.4) is 0 Å². The van der Waals surface area contributed by atoms with Gasteiger partial charge in [0.25, 0.3) is 5.91 Å². The molecule has 0 spiro atoms. The molecular weight excluding hydrogens is 445 g/mol. The van der Waals surface area contributed by atoms with Crippen molar-refractivity contribution in [2.75, 3.05) is 39.3 Å². The average molecular weight is 478 g/mol. The minimum atomic E-state index is 0. The van der Waals surface area contributed by atoms with Crippen LogP contribution in [-0.4, -0.2) is 55.0 Å². The lowest BCUT2D eigenvalue weighted by atomic mass is 10.1. The maximum atomic E-state index is 12.3. The van der Waals surface area contributed by atoms with Crippen molar-refractivity contribution in [3.8, 4) is 5.75 Å². The molecule has 5 nitrogen and oxygen atoms in total. The molecule has 2 saturated heterocycles. The number of hydrogen-bond donors (Lipinski definition) is 1. The fourth-order valence-corrected chi connectivity index (χ4v) is 4.83. The van der Waals surface area contributed by atoms with Gasteiger partial charge >= 0.3 is 0 Å². The van der Waals surface area contributed by atoms with E-state index in [-0.39, 0.29) is 31.0 Å². The molecule has 7 heteroatoms. The monoisotopic (exact) mass is 477 g/mol. The number of amides is 1. The van der Waals surface area contributed by atoms with Gasteiger partial charge in [-0.2, -0.15) is 0 Å². The van der Waals surface area contributed by atoms with Gasteiger partial charge in [0, 0.05) is 42.8 Å². The van der Waals surface area contributed by atoms with E-state index in [1.165, 1.54) is 18.4 Å². The molecule has 2 fully saturated rings. The van der Waals surface area contributed by atoms with Gasteiger partial charge in [0.1, 0.15) is 5.75 Å². The predicted molar refractivity (Wildman–Crippen MR) is 132 cm³/mol. The summed E-state index contributed by atoms with van der Waals surface area (Å²) < 4.78 is 5.91. The summed E-state index contributed by atoms with van der Waals surface area (Å²) in [5.74, 6) is 0.853. The summed E-state index contributed by atoms with van der Waals surface area (Å²) in [7, 11) is 0. The van der Waals surface area contributed by atoms with Crippen LogP contribution in [0.2, 0.25) is 5.02 Å². The van der Waals surface area contributed by atoms with E-state index < -0.39 is 0 Å². The molecule has 0 radical (unpaired) electrons. The third-order valence-corrected chi connectivity index (χ3v) is 6.63. The highest BCUT2D eigenvalue weighted by atomic mass is 35.5. The van der Waals surface area contributed by atoms with E-state index in [1.54, 1.807) is 0 Å². The van der Waals surface area contributed by atoms with E-state index in [0.29, 0.717) is 6.54 Å². The van der Waals surface area contributed by atoms with Gasteiger partial charge in [0.15, 0.2) is 6.61 Å². The standard InChI is InChI=1S/C25H32ClN3O2.ClH/c26-22-11-3-2-10-21(22)23(28-13-5-6-14-28)18-27-17-20-9-1-4-12-24(20)31-19-25(30)29-15-7-8-16-29;/h1-4,9-12,23,27H,5-8,13-19H2;1H. The molecular formula is C25H33Cl2N3O2. The molecule has 32 heavy (non-hydrogen) atoms. The van der Waals surface area contributed by atoms with Gasteiger partial charge in [-0.15, -0.1) is 12.4 Å². The Balaban J connectivity index is 0.00000289. The molecule has 0 aliphatic carbocycles. The van der Waals surface area contributed by atoms with E-state index in [2.05, 4.69) is 28.4 Å². The van der Waals surface area contributed by atoms with E-state index >= 15 is 0 Å². The predicted octanol–water partition coefficient (Wildman–Crippen LogP) is 4.69. The molecule has 1 unspecified atom stereocenters. The van der Waals surface area contributed by atoms with Crippen molar-refractivity contribution in [3.63, 3.8) is 0 Å². The Morgan fingerprint density at radius 2 is 1.62 bits per heavy atom. The van der Waals surface area contributed by atoms with Crippen molar-refractivity contribution in [2.24, 2.45) is 0 Å². The Labute approximate surface area is 202 Å². The van der Waals surface area contributed by atoms with Gasteiger partial charge in [-0.25, -0.2) is 0 Å². The number of benzene rings is 2. The first kappa shape index (κ1) is 24.8. The van der Waals surface area contributed by atoms with Crippen LogP contribution in [-0.2, 0) is 11.3 Å². The van der Waals surface area contributed by atoms with Gasteiger partial charge in [0.2, 0.25) is 0 Å². The topological polar surface area (TPSA) is 44.8 Å². The van der Waals surface area contributed by atoms with Gasteiger partial charge in [-0.05, 0) is 56.5 Å². The highest BCUT2D eigenvalue weighted by Crippen LogP contribution is 2.30. The van der Waals surface area contributed by atoms with Gasteiger partial charge in [-0.1, -0.05) is 48.0 Å². The Morgan fingerprint density at radius 1 is 0.969 bits per heavy atom. The Kier molecular flexibility index (Phi) is 9.67. The fourth-order valence-electron chi connectivity index (χ4n) is 4.57. The molecule has 174 valence electrons. The number of rotatable bonds is 9. The quantitative estimate of drug-likeness (QED) is 0.568. The van der Waals surface area contributed by atoms with E-state index in [0.717, 1.165) is 61.9 Å². The Morgan fingerprint density at radius 3 is 2.38 bits per heavy atom. The average Bonchev–Trinajstić information content (AvgIpc) is 3.51. The fraction of sp³-hybridized carbons (Fsp3) is 0.480. The first-order valence-electron chi connectivity index (χ1n) is 11.4. The number of para-hydroxylation sites is 1. The van der Waals surface area contributed by atoms with Crippen LogP contribution in [0.15, 0.2) is 48.5 Å². The Hall–Kier alpha value is -1.79. The normalized spacial score (nSPS) is 17.2. The first-order valence-corrected chi connectivity index (χ1v) is 11.8. The minimum Gasteiger partial charge on any atom is -0.483 e. The van der Waals surface area contributed by atoms with Crippen molar-refractivity contribution in [1.82, 2.24) is 15.1 Å². The third kappa shape index (κ3) is 6.38. The maximum Gasteiger partial charge on any atom is 0.260 e. The largest absolute Gasteiger partial charge is 0.483 e. The summed E-state index contributed by atoms with van der Waals surface area (Å²) in [6, 6.07) is 16.4. The summed E-state index contributed by atoms with van der Waals surface area (Å²) in [6.45, 7) is 5.52. The Bertz CT molecular complexity index is 868. The number of carbonyl (C=O) groups excluding carboxylic acids is 1. The molecule has 2 heterocycles. The van der Waals surface area contributed by atoms with Crippen LogP contribution in [0, 0.1) is 0 Å². The molecule has 4 rings (SSSR count). The van der Waals surface area contributed by atoms with Crippen molar-refractivity contribution < 1.29 is 9.53 Å². The number of likely N-dealkylation sites (tertiary alicyclic amines) is 2. The second-order valence-corrected chi connectivity index (χ2v) is 8.80. The van der Waals surface area contributed by atoms with Crippen LogP contribution in [0.5, 0.6) is 5.75 Å².